The molecule has 1 aromatic heterocycles. The lowest BCUT2D eigenvalue weighted by molar-refractivity contribution is 0.0762. The fourth-order valence-corrected chi connectivity index (χ4v) is 6.80. The van der Waals surface area contributed by atoms with Gasteiger partial charge in [-0.05, 0) is 47.9 Å². The highest BCUT2D eigenvalue weighted by Gasteiger charge is 2.57. The van der Waals surface area contributed by atoms with E-state index < -0.39 is 15.6 Å². The SMILES string of the molecule is COc1ccc(CN2[C@@]3(CCN(C(=O)c4cccnc4)C3)c3ccccc3S2(=O)=O)cc1. The van der Waals surface area contributed by atoms with Crippen molar-refractivity contribution < 1.29 is 17.9 Å². The van der Waals surface area contributed by atoms with Gasteiger partial charge in [-0.3, -0.25) is 9.78 Å². The van der Waals surface area contributed by atoms with Crippen molar-refractivity contribution >= 4 is 15.9 Å². The normalized spacial score (nSPS) is 21.6. The number of fused-ring (bicyclic) bond motifs is 2. The molecule has 1 fully saturated rings. The van der Waals surface area contributed by atoms with Crippen LogP contribution in [0, 0.1) is 0 Å². The van der Waals surface area contributed by atoms with Crippen molar-refractivity contribution in [1.29, 1.82) is 0 Å². The predicted octanol–water partition coefficient (Wildman–Crippen LogP) is 3.04. The third-order valence-electron chi connectivity index (χ3n) is 6.36. The van der Waals surface area contributed by atoms with E-state index in [2.05, 4.69) is 4.98 Å². The van der Waals surface area contributed by atoms with Crippen molar-refractivity contribution in [3.8, 4) is 5.75 Å². The number of rotatable bonds is 4. The number of carbonyl (C=O) groups excluding carboxylic acids is 1. The number of hydrogen-bond acceptors (Lipinski definition) is 5. The highest BCUT2D eigenvalue weighted by Crippen LogP contribution is 2.50. The van der Waals surface area contributed by atoms with Gasteiger partial charge in [-0.25, -0.2) is 8.42 Å². The second-order valence-corrected chi connectivity index (χ2v) is 9.94. The molecule has 2 aliphatic heterocycles. The molecule has 0 saturated carbocycles. The lowest BCUT2D eigenvalue weighted by atomic mass is 9.88. The van der Waals surface area contributed by atoms with Crippen molar-refractivity contribution in [2.75, 3.05) is 20.2 Å². The summed E-state index contributed by atoms with van der Waals surface area (Å²) in [6.45, 7) is 0.986. The number of hydrogen-bond donors (Lipinski definition) is 0. The highest BCUT2D eigenvalue weighted by atomic mass is 32.2. The maximum atomic E-state index is 13.6. The third-order valence-corrected chi connectivity index (χ3v) is 8.33. The van der Waals surface area contributed by atoms with Crippen molar-refractivity contribution in [1.82, 2.24) is 14.2 Å². The van der Waals surface area contributed by atoms with E-state index in [1.165, 1.54) is 0 Å². The van der Waals surface area contributed by atoms with E-state index in [-0.39, 0.29) is 12.5 Å². The van der Waals surface area contributed by atoms with Gasteiger partial charge >= 0.3 is 0 Å². The smallest absolute Gasteiger partial charge is 0.255 e. The molecule has 0 aliphatic carbocycles. The molecule has 1 atom stereocenters. The Kier molecular flexibility index (Phi) is 4.98. The summed E-state index contributed by atoms with van der Waals surface area (Å²) in [6.07, 6.45) is 3.70. The molecule has 1 saturated heterocycles. The Morgan fingerprint density at radius 2 is 1.88 bits per heavy atom. The van der Waals surface area contributed by atoms with Crippen molar-refractivity contribution in [3.05, 3.63) is 89.7 Å². The fraction of sp³-hybridized carbons (Fsp3) is 0.250. The van der Waals surface area contributed by atoms with Crippen LogP contribution in [-0.2, 0) is 22.1 Å². The number of sulfonamides is 1. The molecule has 5 rings (SSSR count). The summed E-state index contributed by atoms with van der Waals surface area (Å²) in [5.41, 5.74) is 1.32. The Labute approximate surface area is 187 Å². The van der Waals surface area contributed by atoms with Gasteiger partial charge in [0.1, 0.15) is 5.75 Å². The number of pyridine rings is 1. The summed E-state index contributed by atoms with van der Waals surface area (Å²) in [7, 11) is -2.12. The van der Waals surface area contributed by atoms with Gasteiger partial charge in [-0.1, -0.05) is 30.3 Å². The highest BCUT2D eigenvalue weighted by molar-refractivity contribution is 7.89. The topological polar surface area (TPSA) is 79.8 Å². The molecule has 0 radical (unpaired) electrons. The first-order valence-electron chi connectivity index (χ1n) is 10.4. The molecule has 32 heavy (non-hydrogen) atoms. The van der Waals surface area contributed by atoms with Crippen LogP contribution in [0.2, 0.25) is 0 Å². The summed E-state index contributed by atoms with van der Waals surface area (Å²) in [6, 6.07) is 18.0. The zero-order valence-corrected chi connectivity index (χ0v) is 18.5. The van der Waals surface area contributed by atoms with Crippen LogP contribution < -0.4 is 4.74 Å². The summed E-state index contributed by atoms with van der Waals surface area (Å²) in [5.74, 6) is 0.575. The number of nitrogens with zero attached hydrogens (tertiary/aromatic N) is 3. The molecule has 3 heterocycles. The van der Waals surface area contributed by atoms with Crippen LogP contribution in [0.4, 0.5) is 0 Å². The number of amides is 1. The zero-order valence-electron chi connectivity index (χ0n) is 17.6. The van der Waals surface area contributed by atoms with E-state index in [1.807, 2.05) is 36.4 Å². The van der Waals surface area contributed by atoms with Crippen LogP contribution in [-0.4, -0.2) is 48.7 Å². The van der Waals surface area contributed by atoms with E-state index in [9.17, 15) is 13.2 Å². The van der Waals surface area contributed by atoms with Crippen LogP contribution in [0.25, 0.3) is 0 Å². The van der Waals surface area contributed by atoms with Crippen LogP contribution in [0.15, 0.2) is 78.0 Å². The van der Waals surface area contributed by atoms with E-state index in [0.717, 1.165) is 11.1 Å². The molecule has 0 bridgehead atoms. The van der Waals surface area contributed by atoms with Gasteiger partial charge in [0.05, 0.1) is 23.1 Å². The Morgan fingerprint density at radius 1 is 1.09 bits per heavy atom. The minimum absolute atomic E-state index is 0.138. The minimum Gasteiger partial charge on any atom is -0.497 e. The van der Waals surface area contributed by atoms with Crippen LogP contribution >= 0.6 is 0 Å². The average Bonchev–Trinajstić information content (AvgIpc) is 3.35. The van der Waals surface area contributed by atoms with Crippen molar-refractivity contribution in [3.63, 3.8) is 0 Å². The number of ether oxygens (including phenoxy) is 1. The quantitative estimate of drug-likeness (QED) is 0.612. The minimum atomic E-state index is -3.71. The van der Waals surface area contributed by atoms with Crippen LogP contribution in [0.5, 0.6) is 5.75 Å². The van der Waals surface area contributed by atoms with Gasteiger partial charge < -0.3 is 9.64 Å². The third kappa shape index (κ3) is 3.18. The largest absolute Gasteiger partial charge is 0.497 e. The number of likely N-dealkylation sites (tertiary alicyclic amines) is 1. The molecular formula is C24H23N3O4S. The maximum Gasteiger partial charge on any atom is 0.255 e. The molecule has 1 amide bonds. The van der Waals surface area contributed by atoms with Crippen LogP contribution in [0.1, 0.15) is 27.9 Å². The molecule has 1 spiro atoms. The molecule has 8 heteroatoms. The van der Waals surface area contributed by atoms with E-state index in [4.69, 9.17) is 4.74 Å². The molecule has 0 N–H and O–H groups in total. The molecule has 3 aromatic rings. The van der Waals surface area contributed by atoms with Gasteiger partial charge in [0.25, 0.3) is 5.91 Å². The maximum absolute atomic E-state index is 13.6. The Morgan fingerprint density at radius 3 is 2.59 bits per heavy atom. The van der Waals surface area contributed by atoms with E-state index in [1.54, 1.807) is 53.0 Å². The molecule has 7 nitrogen and oxygen atoms in total. The second kappa shape index (κ2) is 7.72. The van der Waals surface area contributed by atoms with Gasteiger partial charge in [0.2, 0.25) is 10.0 Å². The second-order valence-electron chi connectivity index (χ2n) is 8.11. The Bertz CT molecular complexity index is 1260. The number of methoxy groups -OCH3 is 1. The monoisotopic (exact) mass is 449 g/mol. The number of carbonyl (C=O) groups is 1. The van der Waals surface area contributed by atoms with E-state index >= 15 is 0 Å². The summed E-state index contributed by atoms with van der Waals surface area (Å²) in [5, 5.41) is 0. The standard InChI is InChI=1S/C24H23N3O4S/c1-31-20-10-8-18(9-11-20)16-27-24(21-6-2-3-7-22(21)32(27,29)30)12-14-26(17-24)23(28)19-5-4-13-25-15-19/h2-11,13,15H,12,14,16-17H2,1H3/t24-/m1/s1. The summed E-state index contributed by atoms with van der Waals surface area (Å²) >= 11 is 0. The summed E-state index contributed by atoms with van der Waals surface area (Å²) < 4.78 is 34.0. The van der Waals surface area contributed by atoms with Gasteiger partial charge in [-0.2, -0.15) is 4.31 Å². The zero-order chi connectivity index (χ0) is 22.3. The molecule has 2 aliphatic rings. The van der Waals surface area contributed by atoms with Crippen molar-refractivity contribution in [2.45, 2.75) is 23.4 Å². The molecule has 164 valence electrons. The van der Waals surface area contributed by atoms with E-state index in [0.29, 0.717) is 35.7 Å². The first kappa shape index (κ1) is 20.7. The molecule has 0 unspecified atom stereocenters. The van der Waals surface area contributed by atoms with Crippen molar-refractivity contribution in [2.24, 2.45) is 0 Å². The number of benzene rings is 2. The first-order valence-corrected chi connectivity index (χ1v) is 11.8. The molecular weight excluding hydrogens is 426 g/mol. The lowest BCUT2D eigenvalue weighted by Crippen LogP contribution is -2.46. The first-order chi connectivity index (χ1) is 15.5. The van der Waals surface area contributed by atoms with Gasteiger partial charge in [0, 0.05) is 32.0 Å². The van der Waals surface area contributed by atoms with Gasteiger partial charge in [0.15, 0.2) is 0 Å². The fourth-order valence-electron chi connectivity index (χ4n) is 4.75. The number of aromatic nitrogens is 1. The average molecular weight is 450 g/mol. The van der Waals surface area contributed by atoms with Crippen LogP contribution in [0.3, 0.4) is 0 Å². The summed E-state index contributed by atoms with van der Waals surface area (Å²) in [4.78, 5) is 19.2. The Hall–Kier alpha value is -3.23. The Balaban J connectivity index is 1.54. The van der Waals surface area contributed by atoms with Gasteiger partial charge in [-0.15, -0.1) is 0 Å². The molecule has 2 aromatic carbocycles. The lowest BCUT2D eigenvalue weighted by Gasteiger charge is -2.34. The predicted molar refractivity (Wildman–Crippen MR) is 119 cm³/mol.